The first-order chi connectivity index (χ1) is 8.95. The van der Waals surface area contributed by atoms with Crippen LogP contribution in [0, 0.1) is 11.8 Å². The minimum Gasteiger partial charge on any atom is -0.385 e. The molecule has 1 nitrogen and oxygen atoms in total. The van der Waals surface area contributed by atoms with Crippen LogP contribution in [0.3, 0.4) is 0 Å². The van der Waals surface area contributed by atoms with E-state index in [9.17, 15) is 5.11 Å². The third-order valence-electron chi connectivity index (χ3n) is 4.63. The van der Waals surface area contributed by atoms with Crippen LogP contribution in [0.25, 0.3) is 0 Å². The van der Waals surface area contributed by atoms with Gasteiger partial charge in [-0.2, -0.15) is 0 Å². The molecule has 106 valence electrons. The van der Waals surface area contributed by atoms with Crippen LogP contribution >= 0.6 is 27.5 Å². The van der Waals surface area contributed by atoms with Crippen LogP contribution in [0.15, 0.2) is 22.7 Å². The summed E-state index contributed by atoms with van der Waals surface area (Å²) in [7, 11) is 0. The maximum absolute atomic E-state index is 11.0. The fourth-order valence-electron chi connectivity index (χ4n) is 3.29. The average molecular weight is 346 g/mol. The molecule has 1 aliphatic carbocycles. The Hall–Kier alpha value is -0.0500. The largest absolute Gasteiger partial charge is 0.385 e. The summed E-state index contributed by atoms with van der Waals surface area (Å²) in [5, 5.41) is 11.6. The summed E-state index contributed by atoms with van der Waals surface area (Å²) in [6, 6.07) is 5.77. The zero-order chi connectivity index (χ0) is 14.0. The fourth-order valence-corrected chi connectivity index (χ4v) is 4.16. The molecule has 1 N–H and O–H groups in total. The number of benzene rings is 1. The summed E-state index contributed by atoms with van der Waals surface area (Å²) < 4.78 is 0.951. The Kier molecular flexibility index (Phi) is 4.97. The van der Waals surface area contributed by atoms with Crippen molar-refractivity contribution in [3.63, 3.8) is 0 Å². The van der Waals surface area contributed by atoms with Crippen LogP contribution in [-0.4, -0.2) is 5.11 Å². The molecule has 3 atom stereocenters. The van der Waals surface area contributed by atoms with Crippen LogP contribution < -0.4 is 0 Å². The first-order valence-electron chi connectivity index (χ1n) is 7.13. The summed E-state index contributed by atoms with van der Waals surface area (Å²) in [6.07, 6.45) is 5.93. The van der Waals surface area contributed by atoms with Crippen molar-refractivity contribution >= 4 is 27.5 Å². The van der Waals surface area contributed by atoms with Crippen LogP contribution in [0.5, 0.6) is 0 Å². The van der Waals surface area contributed by atoms with Gasteiger partial charge in [0, 0.05) is 15.1 Å². The summed E-state index contributed by atoms with van der Waals surface area (Å²) in [5.74, 6) is 1.06. The van der Waals surface area contributed by atoms with Crippen molar-refractivity contribution in [3.05, 3.63) is 33.3 Å². The highest BCUT2D eigenvalue weighted by Crippen LogP contribution is 2.44. The van der Waals surface area contributed by atoms with Crippen LogP contribution in [0.1, 0.15) is 51.5 Å². The van der Waals surface area contributed by atoms with E-state index >= 15 is 0 Å². The number of rotatable bonds is 3. The van der Waals surface area contributed by atoms with Gasteiger partial charge in [0.15, 0.2) is 0 Å². The monoisotopic (exact) mass is 344 g/mol. The number of aliphatic hydroxyl groups is 1. The molecule has 0 amide bonds. The smallest absolute Gasteiger partial charge is 0.0911 e. The standard InChI is InChI=1S/C16H22BrClO/c1-3-11-5-4-6-12(9-11)16(2,19)14-8-7-13(17)10-15(14)18/h7-8,10-12,19H,3-6,9H2,1-2H3. The van der Waals surface area contributed by atoms with E-state index in [2.05, 4.69) is 22.9 Å². The highest BCUT2D eigenvalue weighted by Gasteiger charge is 2.37. The molecule has 0 heterocycles. The van der Waals surface area contributed by atoms with E-state index in [0.717, 1.165) is 28.8 Å². The number of hydrogen-bond acceptors (Lipinski definition) is 1. The van der Waals surface area contributed by atoms with Gasteiger partial charge in [0.25, 0.3) is 0 Å². The van der Waals surface area contributed by atoms with Gasteiger partial charge in [-0.1, -0.05) is 59.8 Å². The fraction of sp³-hybridized carbons (Fsp3) is 0.625. The maximum Gasteiger partial charge on any atom is 0.0911 e. The van der Waals surface area contributed by atoms with Gasteiger partial charge in [0.2, 0.25) is 0 Å². The second-order valence-corrected chi connectivity index (χ2v) is 7.23. The minimum absolute atomic E-state index is 0.310. The van der Waals surface area contributed by atoms with Crippen molar-refractivity contribution in [2.75, 3.05) is 0 Å². The molecule has 0 bridgehead atoms. The molecule has 1 fully saturated rings. The molecule has 3 heteroatoms. The lowest BCUT2D eigenvalue weighted by Crippen LogP contribution is -2.35. The van der Waals surface area contributed by atoms with Crippen molar-refractivity contribution < 1.29 is 5.11 Å². The Morgan fingerprint density at radius 3 is 2.79 bits per heavy atom. The zero-order valence-corrected chi connectivity index (χ0v) is 14.0. The Labute approximate surface area is 129 Å². The molecule has 19 heavy (non-hydrogen) atoms. The molecule has 3 unspecified atom stereocenters. The molecule has 1 aromatic rings. The average Bonchev–Trinajstić information content (AvgIpc) is 2.38. The van der Waals surface area contributed by atoms with Gasteiger partial charge in [0.1, 0.15) is 0 Å². The van der Waals surface area contributed by atoms with E-state index < -0.39 is 5.60 Å². The number of hydrogen-bond donors (Lipinski definition) is 1. The normalized spacial score (nSPS) is 27.0. The molecule has 0 spiro atoms. The predicted molar refractivity (Wildman–Crippen MR) is 84.5 cm³/mol. The van der Waals surface area contributed by atoms with Crippen molar-refractivity contribution in [2.24, 2.45) is 11.8 Å². The number of halogens is 2. The van der Waals surface area contributed by atoms with E-state index in [1.54, 1.807) is 0 Å². The maximum atomic E-state index is 11.0. The van der Waals surface area contributed by atoms with Crippen molar-refractivity contribution in [1.29, 1.82) is 0 Å². The van der Waals surface area contributed by atoms with Gasteiger partial charge >= 0.3 is 0 Å². The zero-order valence-electron chi connectivity index (χ0n) is 11.6. The lowest BCUT2D eigenvalue weighted by atomic mass is 9.70. The molecule has 2 rings (SSSR count). The minimum atomic E-state index is -0.828. The molecule has 0 aromatic heterocycles. The third-order valence-corrected chi connectivity index (χ3v) is 5.44. The Balaban J connectivity index is 2.25. The van der Waals surface area contributed by atoms with Crippen molar-refractivity contribution in [1.82, 2.24) is 0 Å². The van der Waals surface area contributed by atoms with Gasteiger partial charge in [-0.15, -0.1) is 0 Å². The van der Waals surface area contributed by atoms with Gasteiger partial charge in [-0.25, -0.2) is 0 Å². The summed E-state index contributed by atoms with van der Waals surface area (Å²) in [6.45, 7) is 4.17. The van der Waals surface area contributed by atoms with Crippen LogP contribution in [0.4, 0.5) is 0 Å². The van der Waals surface area contributed by atoms with E-state index in [1.165, 1.54) is 19.3 Å². The van der Waals surface area contributed by atoms with Crippen molar-refractivity contribution in [2.45, 2.75) is 51.6 Å². The van der Waals surface area contributed by atoms with Gasteiger partial charge in [-0.3, -0.25) is 0 Å². The predicted octanol–water partition coefficient (Wildman–Crippen LogP) is 5.53. The molecular weight excluding hydrogens is 324 g/mol. The molecule has 1 aliphatic rings. The van der Waals surface area contributed by atoms with E-state index in [1.807, 2.05) is 25.1 Å². The summed E-state index contributed by atoms with van der Waals surface area (Å²) in [5.41, 5.74) is 0.0325. The van der Waals surface area contributed by atoms with Gasteiger partial charge in [0.05, 0.1) is 5.60 Å². The molecule has 0 radical (unpaired) electrons. The van der Waals surface area contributed by atoms with E-state index in [-0.39, 0.29) is 0 Å². The molecule has 1 aromatic carbocycles. The third kappa shape index (κ3) is 3.34. The van der Waals surface area contributed by atoms with Gasteiger partial charge < -0.3 is 5.11 Å². The van der Waals surface area contributed by atoms with Crippen molar-refractivity contribution in [3.8, 4) is 0 Å². The highest BCUT2D eigenvalue weighted by atomic mass is 79.9. The quantitative estimate of drug-likeness (QED) is 0.764. The summed E-state index contributed by atoms with van der Waals surface area (Å²) >= 11 is 9.73. The molecule has 0 aliphatic heterocycles. The van der Waals surface area contributed by atoms with Crippen LogP contribution in [-0.2, 0) is 5.60 Å². The van der Waals surface area contributed by atoms with E-state index in [4.69, 9.17) is 11.6 Å². The summed E-state index contributed by atoms with van der Waals surface area (Å²) in [4.78, 5) is 0. The van der Waals surface area contributed by atoms with Crippen LogP contribution in [0.2, 0.25) is 5.02 Å². The molecular formula is C16H22BrClO. The lowest BCUT2D eigenvalue weighted by molar-refractivity contribution is -0.0311. The van der Waals surface area contributed by atoms with Gasteiger partial charge in [-0.05, 0) is 43.7 Å². The SMILES string of the molecule is CCC1CCCC(C(C)(O)c2ccc(Br)cc2Cl)C1. The Morgan fingerprint density at radius 2 is 2.16 bits per heavy atom. The van der Waals surface area contributed by atoms with E-state index in [0.29, 0.717) is 10.9 Å². The first-order valence-corrected chi connectivity index (χ1v) is 8.30. The Morgan fingerprint density at radius 1 is 1.42 bits per heavy atom. The highest BCUT2D eigenvalue weighted by molar-refractivity contribution is 9.10. The second kappa shape index (κ2) is 6.15. The second-order valence-electron chi connectivity index (χ2n) is 5.91. The Bertz CT molecular complexity index is 444. The first kappa shape index (κ1) is 15.3. The topological polar surface area (TPSA) is 20.2 Å². The lowest BCUT2D eigenvalue weighted by Gasteiger charge is -2.39. The molecule has 0 saturated heterocycles. The molecule has 1 saturated carbocycles.